The smallest absolute Gasteiger partial charge is 0.234 e. The van der Waals surface area contributed by atoms with E-state index < -0.39 is 0 Å². The first-order valence-electron chi connectivity index (χ1n) is 3.97. The second-order valence-electron chi connectivity index (χ2n) is 2.92. The van der Waals surface area contributed by atoms with Crippen LogP contribution in [-0.4, -0.2) is 5.91 Å². The Balaban J connectivity index is 2.26. The van der Waals surface area contributed by atoms with Crippen LogP contribution in [0.1, 0.15) is 25.7 Å². The molecule has 3 nitrogen and oxygen atoms in total. The fraction of sp³-hybridized carbons (Fsp3) is 0.625. The Kier molecular flexibility index (Phi) is 3.11. The molecule has 0 saturated carbocycles. The average molecular weight is 154 g/mol. The summed E-state index contributed by atoms with van der Waals surface area (Å²) >= 11 is 0. The molecule has 0 aliphatic heterocycles. The molecule has 1 aliphatic rings. The molecule has 0 bridgehead atoms. The molecule has 1 unspecified atom stereocenters. The lowest BCUT2D eigenvalue weighted by Crippen LogP contribution is -2.31. The molecule has 0 aromatic carbocycles. The second kappa shape index (κ2) is 4.13. The molecule has 0 radical (unpaired) electrons. The van der Waals surface area contributed by atoms with Crippen molar-refractivity contribution in [1.29, 1.82) is 0 Å². The third-order valence-corrected chi connectivity index (χ3v) is 2.01. The number of hydrogen-bond donors (Lipinski definition) is 2. The summed E-state index contributed by atoms with van der Waals surface area (Å²) in [6, 6.07) is 0. The zero-order valence-corrected chi connectivity index (χ0v) is 6.55. The molecule has 0 aromatic heterocycles. The van der Waals surface area contributed by atoms with E-state index >= 15 is 0 Å². The Morgan fingerprint density at radius 3 is 3.00 bits per heavy atom. The lowest BCUT2D eigenvalue weighted by atomic mass is 9.91. The van der Waals surface area contributed by atoms with E-state index in [0.29, 0.717) is 12.3 Å². The first-order chi connectivity index (χ1) is 5.33. The number of carbonyl (C=O) groups is 1. The van der Waals surface area contributed by atoms with Gasteiger partial charge in [0.1, 0.15) is 0 Å². The zero-order valence-electron chi connectivity index (χ0n) is 6.55. The Labute approximate surface area is 66.6 Å². The van der Waals surface area contributed by atoms with Gasteiger partial charge < -0.3 is 0 Å². The van der Waals surface area contributed by atoms with Crippen molar-refractivity contribution in [2.75, 3.05) is 0 Å². The number of carbonyl (C=O) groups excluding carboxylic acids is 1. The molecule has 0 saturated heterocycles. The summed E-state index contributed by atoms with van der Waals surface area (Å²) < 4.78 is 0. The molecule has 11 heavy (non-hydrogen) atoms. The van der Waals surface area contributed by atoms with Crippen LogP contribution in [0.4, 0.5) is 0 Å². The highest BCUT2D eigenvalue weighted by molar-refractivity contribution is 5.75. The maximum Gasteiger partial charge on any atom is 0.234 e. The Bertz CT molecular complexity index is 165. The van der Waals surface area contributed by atoms with Gasteiger partial charge in [0, 0.05) is 6.42 Å². The van der Waals surface area contributed by atoms with E-state index in [1.165, 1.54) is 0 Å². The normalized spacial score (nSPS) is 23.2. The molecule has 1 rings (SSSR count). The first-order valence-corrected chi connectivity index (χ1v) is 3.97. The van der Waals surface area contributed by atoms with Gasteiger partial charge in [-0.25, -0.2) is 5.84 Å². The van der Waals surface area contributed by atoms with Crippen LogP contribution in [0.5, 0.6) is 0 Å². The van der Waals surface area contributed by atoms with E-state index in [1.54, 1.807) is 0 Å². The van der Waals surface area contributed by atoms with Gasteiger partial charge in [-0.3, -0.25) is 10.2 Å². The van der Waals surface area contributed by atoms with Crippen LogP contribution in [0.3, 0.4) is 0 Å². The van der Waals surface area contributed by atoms with Crippen molar-refractivity contribution in [2.45, 2.75) is 25.7 Å². The molecule has 0 fully saturated rings. The number of nitrogens with two attached hydrogens (primary N) is 1. The van der Waals surface area contributed by atoms with E-state index in [1.807, 2.05) is 0 Å². The van der Waals surface area contributed by atoms with Crippen LogP contribution in [0.15, 0.2) is 12.2 Å². The molecule has 1 aliphatic carbocycles. The maximum absolute atomic E-state index is 10.8. The number of nitrogens with one attached hydrogen (secondary N) is 1. The van der Waals surface area contributed by atoms with Gasteiger partial charge in [0.25, 0.3) is 0 Å². The Hall–Kier alpha value is -0.830. The van der Waals surface area contributed by atoms with Crippen molar-refractivity contribution in [2.24, 2.45) is 11.8 Å². The summed E-state index contributed by atoms with van der Waals surface area (Å²) in [5.41, 5.74) is 2.15. The monoisotopic (exact) mass is 154 g/mol. The summed E-state index contributed by atoms with van der Waals surface area (Å²) in [5.74, 6) is 5.42. The molecule has 3 heteroatoms. The van der Waals surface area contributed by atoms with Crippen molar-refractivity contribution in [3.63, 3.8) is 0 Å². The van der Waals surface area contributed by atoms with Crippen molar-refractivity contribution in [3.8, 4) is 0 Å². The topological polar surface area (TPSA) is 55.1 Å². The van der Waals surface area contributed by atoms with E-state index in [9.17, 15) is 4.79 Å². The molecule has 1 amide bonds. The maximum atomic E-state index is 10.8. The molecule has 3 N–H and O–H groups in total. The Morgan fingerprint density at radius 2 is 2.45 bits per heavy atom. The van der Waals surface area contributed by atoms with Crippen molar-refractivity contribution in [3.05, 3.63) is 12.2 Å². The number of allylic oxidation sites excluding steroid dienone is 2. The highest BCUT2D eigenvalue weighted by Crippen LogP contribution is 2.20. The van der Waals surface area contributed by atoms with E-state index in [0.717, 1.165) is 19.3 Å². The van der Waals surface area contributed by atoms with Gasteiger partial charge in [-0.15, -0.1) is 0 Å². The van der Waals surface area contributed by atoms with Gasteiger partial charge in [-0.05, 0) is 25.2 Å². The van der Waals surface area contributed by atoms with E-state index in [2.05, 4.69) is 17.6 Å². The zero-order chi connectivity index (χ0) is 8.10. The minimum absolute atomic E-state index is 0.0506. The molecule has 0 aromatic rings. The summed E-state index contributed by atoms with van der Waals surface area (Å²) in [6.07, 6.45) is 8.11. The van der Waals surface area contributed by atoms with Gasteiger partial charge in [0.05, 0.1) is 0 Å². The van der Waals surface area contributed by atoms with Gasteiger partial charge in [-0.1, -0.05) is 12.2 Å². The number of amides is 1. The SMILES string of the molecule is NNC(=O)CC1CC=CCC1. The van der Waals surface area contributed by atoms with E-state index in [4.69, 9.17) is 5.84 Å². The fourth-order valence-corrected chi connectivity index (χ4v) is 1.36. The minimum atomic E-state index is -0.0506. The fourth-order valence-electron chi connectivity index (χ4n) is 1.36. The van der Waals surface area contributed by atoms with Crippen LogP contribution in [-0.2, 0) is 4.79 Å². The quantitative estimate of drug-likeness (QED) is 0.266. The summed E-state index contributed by atoms with van der Waals surface area (Å²) in [4.78, 5) is 10.8. The lowest BCUT2D eigenvalue weighted by Gasteiger charge is -2.15. The predicted octanol–water partition coefficient (Wildman–Crippen LogP) is 0.723. The highest BCUT2D eigenvalue weighted by Gasteiger charge is 2.12. The molecular formula is C8H14N2O. The molecular weight excluding hydrogens is 140 g/mol. The van der Waals surface area contributed by atoms with Gasteiger partial charge in [0.2, 0.25) is 5.91 Å². The predicted molar refractivity (Wildman–Crippen MR) is 43.4 cm³/mol. The van der Waals surface area contributed by atoms with E-state index in [-0.39, 0.29) is 5.91 Å². The number of hydrogen-bond acceptors (Lipinski definition) is 2. The highest BCUT2D eigenvalue weighted by atomic mass is 16.2. The molecule has 0 spiro atoms. The van der Waals surface area contributed by atoms with Crippen molar-refractivity contribution >= 4 is 5.91 Å². The summed E-state index contributed by atoms with van der Waals surface area (Å²) in [6.45, 7) is 0. The van der Waals surface area contributed by atoms with Crippen molar-refractivity contribution < 1.29 is 4.79 Å². The van der Waals surface area contributed by atoms with Crippen LogP contribution < -0.4 is 11.3 Å². The summed E-state index contributed by atoms with van der Waals surface area (Å²) in [5, 5.41) is 0. The Morgan fingerprint density at radius 1 is 1.64 bits per heavy atom. The number of hydrazine groups is 1. The van der Waals surface area contributed by atoms with Crippen LogP contribution in [0, 0.1) is 5.92 Å². The van der Waals surface area contributed by atoms with Crippen LogP contribution >= 0.6 is 0 Å². The standard InChI is InChI=1S/C8H14N2O/c9-10-8(11)6-7-4-2-1-3-5-7/h1-2,7H,3-6,9H2,(H,10,11). The van der Waals surface area contributed by atoms with Crippen LogP contribution in [0.25, 0.3) is 0 Å². The van der Waals surface area contributed by atoms with Gasteiger partial charge in [-0.2, -0.15) is 0 Å². The second-order valence-corrected chi connectivity index (χ2v) is 2.92. The van der Waals surface area contributed by atoms with Gasteiger partial charge >= 0.3 is 0 Å². The van der Waals surface area contributed by atoms with Crippen LogP contribution in [0.2, 0.25) is 0 Å². The van der Waals surface area contributed by atoms with Gasteiger partial charge in [0.15, 0.2) is 0 Å². The lowest BCUT2D eigenvalue weighted by molar-refractivity contribution is -0.122. The molecule has 1 atom stereocenters. The minimum Gasteiger partial charge on any atom is -0.294 e. The average Bonchev–Trinajstić information content (AvgIpc) is 2.06. The summed E-state index contributed by atoms with van der Waals surface area (Å²) in [7, 11) is 0. The molecule has 0 heterocycles. The third kappa shape index (κ3) is 2.72. The van der Waals surface area contributed by atoms with Crippen molar-refractivity contribution in [1.82, 2.24) is 5.43 Å². The first kappa shape index (κ1) is 8.27. The third-order valence-electron chi connectivity index (χ3n) is 2.01. The largest absolute Gasteiger partial charge is 0.294 e. The molecule has 62 valence electrons. The number of rotatable bonds is 2.